The van der Waals surface area contributed by atoms with E-state index in [0.29, 0.717) is 0 Å². The average Bonchev–Trinajstić information content (AvgIpc) is 3.04. The van der Waals surface area contributed by atoms with Crippen molar-refractivity contribution in [2.24, 2.45) is 0 Å². The lowest BCUT2D eigenvalue weighted by Crippen LogP contribution is -2.35. The molecule has 0 saturated heterocycles. The summed E-state index contributed by atoms with van der Waals surface area (Å²) in [5.41, 5.74) is 1.47. The highest BCUT2D eigenvalue weighted by molar-refractivity contribution is 5.17. The quantitative estimate of drug-likeness (QED) is 0.708. The molecule has 0 bridgehead atoms. The van der Waals surface area contributed by atoms with Crippen molar-refractivity contribution >= 4 is 0 Å². The molecule has 2 N–H and O–H groups in total. The summed E-state index contributed by atoms with van der Waals surface area (Å²) in [5.74, 6) is 1.16. The molecule has 1 aromatic rings. The van der Waals surface area contributed by atoms with Gasteiger partial charge in [-0.3, -0.25) is 0 Å². The Morgan fingerprint density at radius 1 is 1.26 bits per heavy atom. The Labute approximate surface area is 117 Å². The van der Waals surface area contributed by atoms with Crippen LogP contribution in [0.2, 0.25) is 0 Å². The molecule has 108 valence electrons. The first kappa shape index (κ1) is 14.6. The molecule has 0 amide bonds. The summed E-state index contributed by atoms with van der Waals surface area (Å²) >= 11 is 0. The highest BCUT2D eigenvalue weighted by Crippen LogP contribution is 2.19. The summed E-state index contributed by atoms with van der Waals surface area (Å²) < 4.78 is 5.61. The van der Waals surface area contributed by atoms with E-state index >= 15 is 0 Å². The normalized spacial score (nSPS) is 15.9. The topological polar surface area (TPSA) is 37.2 Å². The lowest BCUT2D eigenvalue weighted by atomic mass is 10.1. The molecule has 1 aromatic heterocycles. The number of aryl methyl sites for hydroxylation is 1. The SMILES string of the molecule is CC(C)(C)NCc1ccoc1CCCCNC1CC1. The van der Waals surface area contributed by atoms with Gasteiger partial charge in [-0.05, 0) is 59.1 Å². The maximum Gasteiger partial charge on any atom is 0.108 e. The van der Waals surface area contributed by atoms with Gasteiger partial charge < -0.3 is 15.1 Å². The van der Waals surface area contributed by atoms with Crippen molar-refractivity contribution in [2.45, 2.75) is 71.0 Å². The molecule has 1 fully saturated rings. The van der Waals surface area contributed by atoms with Gasteiger partial charge in [-0.1, -0.05) is 0 Å². The molecule has 0 radical (unpaired) electrons. The van der Waals surface area contributed by atoms with Crippen LogP contribution in [0, 0.1) is 0 Å². The molecule has 3 nitrogen and oxygen atoms in total. The Hall–Kier alpha value is -0.800. The highest BCUT2D eigenvalue weighted by Gasteiger charge is 2.19. The molecular weight excluding hydrogens is 236 g/mol. The van der Waals surface area contributed by atoms with E-state index in [-0.39, 0.29) is 5.54 Å². The Morgan fingerprint density at radius 2 is 2.05 bits per heavy atom. The Balaban J connectivity index is 1.66. The van der Waals surface area contributed by atoms with Crippen LogP contribution in [0.25, 0.3) is 0 Å². The van der Waals surface area contributed by atoms with Crippen LogP contribution in [0.4, 0.5) is 0 Å². The van der Waals surface area contributed by atoms with Crippen LogP contribution in [0.5, 0.6) is 0 Å². The summed E-state index contributed by atoms with van der Waals surface area (Å²) in [6.07, 6.45) is 8.07. The molecule has 0 unspecified atom stereocenters. The molecule has 1 aliphatic rings. The number of unbranched alkanes of at least 4 members (excludes halogenated alkanes) is 1. The molecule has 2 rings (SSSR count). The van der Waals surface area contributed by atoms with Crippen LogP contribution in [-0.4, -0.2) is 18.1 Å². The van der Waals surface area contributed by atoms with Crippen molar-refractivity contribution in [3.05, 3.63) is 23.7 Å². The van der Waals surface area contributed by atoms with E-state index in [1.165, 1.54) is 31.2 Å². The molecule has 0 spiro atoms. The summed E-state index contributed by atoms with van der Waals surface area (Å²) in [5, 5.41) is 7.07. The molecular formula is C16H28N2O. The second-order valence-corrected chi connectivity index (χ2v) is 6.66. The average molecular weight is 264 g/mol. The van der Waals surface area contributed by atoms with E-state index in [9.17, 15) is 0 Å². The van der Waals surface area contributed by atoms with Gasteiger partial charge in [0.1, 0.15) is 5.76 Å². The molecule has 3 heteroatoms. The maximum atomic E-state index is 5.61. The second kappa shape index (κ2) is 6.58. The number of nitrogens with one attached hydrogen (secondary N) is 2. The van der Waals surface area contributed by atoms with Crippen molar-refractivity contribution in [3.8, 4) is 0 Å². The Kier molecular flexibility index (Phi) is 5.06. The number of hydrogen-bond donors (Lipinski definition) is 2. The zero-order chi connectivity index (χ0) is 13.7. The van der Waals surface area contributed by atoms with E-state index < -0.39 is 0 Å². The molecule has 1 aliphatic carbocycles. The molecule has 1 heterocycles. The predicted molar refractivity (Wildman–Crippen MR) is 79.3 cm³/mol. The maximum absolute atomic E-state index is 5.61. The fraction of sp³-hybridized carbons (Fsp3) is 0.750. The van der Waals surface area contributed by atoms with Gasteiger partial charge in [-0.15, -0.1) is 0 Å². The van der Waals surface area contributed by atoms with Gasteiger partial charge in [0.05, 0.1) is 6.26 Å². The zero-order valence-corrected chi connectivity index (χ0v) is 12.6. The summed E-state index contributed by atoms with van der Waals surface area (Å²) in [7, 11) is 0. The smallest absolute Gasteiger partial charge is 0.108 e. The van der Waals surface area contributed by atoms with Crippen LogP contribution >= 0.6 is 0 Å². The van der Waals surface area contributed by atoms with Crippen LogP contribution in [0.15, 0.2) is 16.7 Å². The van der Waals surface area contributed by atoms with Crippen molar-refractivity contribution in [1.29, 1.82) is 0 Å². The number of hydrogen-bond acceptors (Lipinski definition) is 3. The van der Waals surface area contributed by atoms with E-state index in [1.807, 2.05) is 6.26 Å². The number of rotatable bonds is 8. The molecule has 1 saturated carbocycles. The van der Waals surface area contributed by atoms with Crippen LogP contribution in [0.3, 0.4) is 0 Å². The van der Waals surface area contributed by atoms with Crippen LogP contribution in [-0.2, 0) is 13.0 Å². The van der Waals surface area contributed by atoms with E-state index in [4.69, 9.17) is 4.42 Å². The minimum absolute atomic E-state index is 0.155. The van der Waals surface area contributed by atoms with Crippen LogP contribution < -0.4 is 10.6 Å². The second-order valence-electron chi connectivity index (χ2n) is 6.66. The van der Waals surface area contributed by atoms with Gasteiger partial charge in [0.25, 0.3) is 0 Å². The monoisotopic (exact) mass is 264 g/mol. The molecule has 0 aromatic carbocycles. The third-order valence-corrected chi connectivity index (χ3v) is 3.49. The van der Waals surface area contributed by atoms with Gasteiger partial charge in [-0.25, -0.2) is 0 Å². The Morgan fingerprint density at radius 3 is 2.74 bits per heavy atom. The first-order valence-corrected chi connectivity index (χ1v) is 7.58. The first-order chi connectivity index (χ1) is 9.04. The summed E-state index contributed by atoms with van der Waals surface area (Å²) in [6.45, 7) is 8.62. The zero-order valence-electron chi connectivity index (χ0n) is 12.6. The van der Waals surface area contributed by atoms with Gasteiger partial charge >= 0.3 is 0 Å². The van der Waals surface area contributed by atoms with E-state index in [1.54, 1.807) is 0 Å². The van der Waals surface area contributed by atoms with Crippen LogP contribution in [0.1, 0.15) is 57.8 Å². The van der Waals surface area contributed by atoms with E-state index in [2.05, 4.69) is 37.5 Å². The lowest BCUT2D eigenvalue weighted by molar-refractivity contribution is 0.418. The minimum Gasteiger partial charge on any atom is -0.469 e. The summed E-state index contributed by atoms with van der Waals surface area (Å²) in [4.78, 5) is 0. The summed E-state index contributed by atoms with van der Waals surface area (Å²) in [6, 6.07) is 2.92. The molecule has 0 atom stereocenters. The fourth-order valence-electron chi connectivity index (χ4n) is 2.11. The van der Waals surface area contributed by atoms with Gasteiger partial charge in [0.2, 0.25) is 0 Å². The molecule has 0 aliphatic heterocycles. The molecule has 19 heavy (non-hydrogen) atoms. The highest BCUT2D eigenvalue weighted by atomic mass is 16.3. The van der Waals surface area contributed by atoms with Crippen molar-refractivity contribution < 1.29 is 4.42 Å². The fourth-order valence-corrected chi connectivity index (χ4v) is 2.11. The first-order valence-electron chi connectivity index (χ1n) is 7.58. The largest absolute Gasteiger partial charge is 0.469 e. The lowest BCUT2D eigenvalue weighted by Gasteiger charge is -2.20. The number of furan rings is 1. The van der Waals surface area contributed by atoms with Crippen molar-refractivity contribution in [3.63, 3.8) is 0 Å². The van der Waals surface area contributed by atoms with Crippen molar-refractivity contribution in [1.82, 2.24) is 10.6 Å². The van der Waals surface area contributed by atoms with Gasteiger partial charge in [-0.2, -0.15) is 0 Å². The third-order valence-electron chi connectivity index (χ3n) is 3.49. The minimum atomic E-state index is 0.155. The Bertz CT molecular complexity index is 374. The third kappa shape index (κ3) is 5.79. The van der Waals surface area contributed by atoms with E-state index in [0.717, 1.165) is 31.3 Å². The standard InChI is InChI=1S/C16H28N2O/c1-16(2,3)18-12-13-9-11-19-15(13)6-4-5-10-17-14-7-8-14/h9,11,14,17-18H,4-8,10,12H2,1-3H3. The van der Waals surface area contributed by atoms with Gasteiger partial charge in [0.15, 0.2) is 0 Å². The van der Waals surface area contributed by atoms with Crippen molar-refractivity contribution in [2.75, 3.05) is 6.54 Å². The predicted octanol–water partition coefficient (Wildman–Crippen LogP) is 3.24. The van der Waals surface area contributed by atoms with Gasteiger partial charge in [0, 0.05) is 30.1 Å².